The monoisotopic (exact) mass is 260 g/mol. The van der Waals surface area contributed by atoms with Crippen LogP contribution in [0.25, 0.3) is 5.69 Å². The number of carboxylic acid groups (broad SMARTS) is 1. The molecule has 0 atom stereocenters. The minimum Gasteiger partial charge on any atom is -0.478 e. The van der Waals surface area contributed by atoms with Crippen LogP contribution in [0.15, 0.2) is 24.4 Å². The van der Waals surface area contributed by atoms with Gasteiger partial charge in [0.15, 0.2) is 11.5 Å². The predicted molar refractivity (Wildman–Crippen MR) is 66.0 cm³/mol. The highest BCUT2D eigenvalue weighted by Gasteiger charge is 2.19. The molecule has 6 nitrogen and oxygen atoms in total. The van der Waals surface area contributed by atoms with Crippen molar-refractivity contribution in [2.24, 2.45) is 0 Å². The average Bonchev–Trinajstić information content (AvgIpc) is 3.03. The Morgan fingerprint density at radius 2 is 2.21 bits per heavy atom. The van der Waals surface area contributed by atoms with Crippen LogP contribution >= 0.6 is 0 Å². The molecule has 6 heteroatoms. The highest BCUT2D eigenvalue weighted by atomic mass is 16.7. The average molecular weight is 260 g/mol. The van der Waals surface area contributed by atoms with Crippen molar-refractivity contribution in [3.8, 4) is 17.2 Å². The normalized spacial score (nSPS) is 12.7. The number of carbonyl (C=O) groups is 1. The van der Waals surface area contributed by atoms with Gasteiger partial charge in [-0.2, -0.15) is 5.10 Å². The number of ether oxygens (including phenoxy) is 2. The van der Waals surface area contributed by atoms with Gasteiger partial charge in [0, 0.05) is 6.07 Å². The van der Waals surface area contributed by atoms with Crippen LogP contribution in [0.5, 0.6) is 11.5 Å². The SMILES string of the molecule is CCc1c(C(=O)O)cnn1-c1ccc2c(c1)OCO2. The van der Waals surface area contributed by atoms with Crippen LogP contribution in [-0.2, 0) is 6.42 Å². The van der Waals surface area contributed by atoms with Gasteiger partial charge in [0.1, 0.15) is 5.56 Å². The van der Waals surface area contributed by atoms with Gasteiger partial charge in [-0.1, -0.05) is 6.92 Å². The minimum absolute atomic E-state index is 0.207. The van der Waals surface area contributed by atoms with Crippen LogP contribution < -0.4 is 9.47 Å². The molecule has 0 amide bonds. The Kier molecular flexibility index (Phi) is 2.63. The second-order valence-corrected chi connectivity index (χ2v) is 4.11. The molecule has 0 saturated carbocycles. The molecule has 3 rings (SSSR count). The maximum absolute atomic E-state index is 11.1. The van der Waals surface area contributed by atoms with Crippen molar-refractivity contribution in [3.63, 3.8) is 0 Å². The number of fused-ring (bicyclic) bond motifs is 1. The van der Waals surface area contributed by atoms with E-state index in [4.69, 9.17) is 14.6 Å². The summed E-state index contributed by atoms with van der Waals surface area (Å²) in [5.74, 6) is 0.364. The fourth-order valence-electron chi connectivity index (χ4n) is 2.13. The van der Waals surface area contributed by atoms with E-state index >= 15 is 0 Å². The molecule has 0 unspecified atom stereocenters. The number of aromatic carboxylic acids is 1. The third kappa shape index (κ3) is 1.81. The van der Waals surface area contributed by atoms with Crippen LogP contribution in [0.4, 0.5) is 0 Å². The van der Waals surface area contributed by atoms with Crippen molar-refractivity contribution in [2.75, 3.05) is 6.79 Å². The molecule has 0 fully saturated rings. The fourth-order valence-corrected chi connectivity index (χ4v) is 2.13. The van der Waals surface area contributed by atoms with Gasteiger partial charge >= 0.3 is 5.97 Å². The largest absolute Gasteiger partial charge is 0.478 e. The Morgan fingerprint density at radius 1 is 1.42 bits per heavy atom. The first kappa shape index (κ1) is 11.6. The summed E-state index contributed by atoms with van der Waals surface area (Å²) in [7, 11) is 0. The van der Waals surface area contributed by atoms with E-state index in [1.165, 1.54) is 6.20 Å². The molecule has 2 aromatic rings. The Balaban J connectivity index is 2.09. The summed E-state index contributed by atoms with van der Waals surface area (Å²) in [5, 5.41) is 13.3. The molecule has 0 spiro atoms. The lowest BCUT2D eigenvalue weighted by Gasteiger charge is -2.07. The molecule has 1 N–H and O–H groups in total. The summed E-state index contributed by atoms with van der Waals surface area (Å²) in [6.07, 6.45) is 1.95. The van der Waals surface area contributed by atoms with Crippen LogP contribution in [0.1, 0.15) is 23.0 Å². The fraction of sp³-hybridized carbons (Fsp3) is 0.231. The van der Waals surface area contributed by atoms with Crippen LogP contribution in [0.3, 0.4) is 0 Å². The molecule has 0 bridgehead atoms. The van der Waals surface area contributed by atoms with Gasteiger partial charge in [-0.3, -0.25) is 0 Å². The lowest BCUT2D eigenvalue weighted by atomic mass is 10.2. The second kappa shape index (κ2) is 4.31. The Bertz CT molecular complexity index is 648. The number of benzene rings is 1. The molecule has 2 heterocycles. The third-order valence-electron chi connectivity index (χ3n) is 3.03. The first-order chi connectivity index (χ1) is 9.20. The maximum Gasteiger partial charge on any atom is 0.339 e. The summed E-state index contributed by atoms with van der Waals surface area (Å²) >= 11 is 0. The first-order valence-electron chi connectivity index (χ1n) is 5.91. The smallest absolute Gasteiger partial charge is 0.339 e. The zero-order valence-electron chi connectivity index (χ0n) is 10.3. The van der Waals surface area contributed by atoms with Gasteiger partial charge in [0.05, 0.1) is 17.6 Å². The van der Waals surface area contributed by atoms with E-state index in [0.29, 0.717) is 23.6 Å². The Hall–Kier alpha value is -2.50. The summed E-state index contributed by atoms with van der Waals surface area (Å²) in [4.78, 5) is 11.1. The van der Waals surface area contributed by atoms with Crippen molar-refractivity contribution in [1.82, 2.24) is 9.78 Å². The van der Waals surface area contributed by atoms with Gasteiger partial charge in [0.2, 0.25) is 6.79 Å². The van der Waals surface area contributed by atoms with E-state index in [0.717, 1.165) is 5.69 Å². The zero-order chi connectivity index (χ0) is 13.4. The molecule has 0 aliphatic carbocycles. The molecule has 1 aromatic heterocycles. The first-order valence-corrected chi connectivity index (χ1v) is 5.91. The van der Waals surface area contributed by atoms with Crippen molar-refractivity contribution < 1.29 is 19.4 Å². The van der Waals surface area contributed by atoms with E-state index in [-0.39, 0.29) is 12.4 Å². The number of hydrogen-bond acceptors (Lipinski definition) is 4. The minimum atomic E-state index is -0.969. The Morgan fingerprint density at radius 3 is 2.95 bits per heavy atom. The molecule has 1 aliphatic heterocycles. The predicted octanol–water partition coefficient (Wildman–Crippen LogP) is 1.86. The number of hydrogen-bond donors (Lipinski definition) is 1. The number of carboxylic acids is 1. The molecule has 0 radical (unpaired) electrons. The summed E-state index contributed by atoms with van der Waals surface area (Å²) in [6, 6.07) is 5.41. The molecule has 19 heavy (non-hydrogen) atoms. The van der Waals surface area contributed by atoms with E-state index in [1.54, 1.807) is 16.8 Å². The highest BCUT2D eigenvalue weighted by Crippen LogP contribution is 2.34. The lowest BCUT2D eigenvalue weighted by Crippen LogP contribution is -2.05. The van der Waals surface area contributed by atoms with Crippen molar-refractivity contribution in [1.29, 1.82) is 0 Å². The van der Waals surface area contributed by atoms with Crippen molar-refractivity contribution in [2.45, 2.75) is 13.3 Å². The molecular formula is C13H12N2O4. The van der Waals surface area contributed by atoms with Gasteiger partial charge in [-0.05, 0) is 18.6 Å². The maximum atomic E-state index is 11.1. The van der Waals surface area contributed by atoms with E-state index in [1.807, 2.05) is 13.0 Å². The van der Waals surface area contributed by atoms with Crippen molar-refractivity contribution in [3.05, 3.63) is 35.7 Å². The molecule has 1 aromatic carbocycles. The van der Waals surface area contributed by atoms with Crippen molar-refractivity contribution >= 4 is 5.97 Å². The van der Waals surface area contributed by atoms with Gasteiger partial charge < -0.3 is 14.6 Å². The second-order valence-electron chi connectivity index (χ2n) is 4.11. The van der Waals surface area contributed by atoms with E-state index < -0.39 is 5.97 Å². The summed E-state index contributed by atoms with van der Waals surface area (Å²) < 4.78 is 12.2. The standard InChI is InChI=1S/C13H12N2O4/c1-2-10-9(13(16)17)6-14-15(10)8-3-4-11-12(5-8)19-7-18-11/h3-6H,2,7H2,1H3,(H,16,17). The van der Waals surface area contributed by atoms with Gasteiger partial charge in [-0.25, -0.2) is 9.48 Å². The van der Waals surface area contributed by atoms with E-state index in [9.17, 15) is 4.79 Å². The molecular weight excluding hydrogens is 248 g/mol. The number of rotatable bonds is 3. The summed E-state index contributed by atoms with van der Waals surface area (Å²) in [5.41, 5.74) is 1.64. The quantitative estimate of drug-likeness (QED) is 0.911. The van der Waals surface area contributed by atoms with Gasteiger partial charge in [-0.15, -0.1) is 0 Å². The molecule has 1 aliphatic rings. The Labute approximate surface area is 109 Å². The third-order valence-corrected chi connectivity index (χ3v) is 3.03. The summed E-state index contributed by atoms with van der Waals surface area (Å²) in [6.45, 7) is 2.10. The topological polar surface area (TPSA) is 73.6 Å². The molecule has 0 saturated heterocycles. The van der Waals surface area contributed by atoms with Crippen LogP contribution in [0, 0.1) is 0 Å². The number of aromatic nitrogens is 2. The van der Waals surface area contributed by atoms with Gasteiger partial charge in [0.25, 0.3) is 0 Å². The highest BCUT2D eigenvalue weighted by molar-refractivity contribution is 5.88. The lowest BCUT2D eigenvalue weighted by molar-refractivity contribution is 0.0695. The molecule has 98 valence electrons. The van der Waals surface area contributed by atoms with Crippen LogP contribution in [-0.4, -0.2) is 27.6 Å². The zero-order valence-corrected chi connectivity index (χ0v) is 10.3. The number of nitrogens with zero attached hydrogens (tertiary/aromatic N) is 2. The van der Waals surface area contributed by atoms with Crippen LogP contribution in [0.2, 0.25) is 0 Å². The van der Waals surface area contributed by atoms with E-state index in [2.05, 4.69) is 5.10 Å².